The highest BCUT2D eigenvalue weighted by molar-refractivity contribution is 5.89. The number of carboxylic acid groups (broad SMARTS) is 1. The van der Waals surface area contributed by atoms with Gasteiger partial charge in [0.15, 0.2) is 5.41 Å². The van der Waals surface area contributed by atoms with Gasteiger partial charge in [-0.3, -0.25) is 9.59 Å². The fraction of sp³-hybridized carbons (Fsp3) is 0.636. The van der Waals surface area contributed by atoms with E-state index in [0.29, 0.717) is 5.57 Å². The summed E-state index contributed by atoms with van der Waals surface area (Å²) in [6.07, 6.45) is -4.26. The Morgan fingerprint density at radius 3 is 2.22 bits per heavy atom. The molecule has 0 bridgehead atoms. The molecular formula is C11H14F3NO3. The fourth-order valence-corrected chi connectivity index (χ4v) is 1.86. The molecule has 0 spiro atoms. The van der Waals surface area contributed by atoms with Crippen molar-refractivity contribution < 1.29 is 27.9 Å². The molecule has 0 saturated carbocycles. The van der Waals surface area contributed by atoms with E-state index in [0.717, 1.165) is 4.90 Å². The standard InChI is InChI=1S/C11H14F3NO3/c1-7(2)5-8(16)15-4-3-10(6-15,9(17)18)11(12,13)14/h5H,3-4,6H2,1-2H3,(H,17,18). The number of halogens is 3. The number of carbonyl (C=O) groups excluding carboxylic acids is 1. The normalized spacial score (nSPS) is 23.9. The highest BCUT2D eigenvalue weighted by atomic mass is 19.4. The Bertz CT molecular complexity index is 399. The molecule has 1 unspecified atom stereocenters. The van der Waals surface area contributed by atoms with Crippen molar-refractivity contribution in [2.75, 3.05) is 13.1 Å². The molecule has 0 aromatic heterocycles. The average Bonchev–Trinajstić information content (AvgIpc) is 2.60. The third-order valence-corrected chi connectivity index (χ3v) is 2.95. The SMILES string of the molecule is CC(C)=CC(=O)N1CCC(C(=O)O)(C(F)(F)F)C1. The Morgan fingerprint density at radius 2 is 1.89 bits per heavy atom. The first-order valence-corrected chi connectivity index (χ1v) is 5.34. The van der Waals surface area contributed by atoms with Gasteiger partial charge in [-0.1, -0.05) is 5.57 Å². The molecule has 1 heterocycles. The number of hydrogen-bond acceptors (Lipinski definition) is 2. The Morgan fingerprint density at radius 1 is 1.33 bits per heavy atom. The molecule has 1 aliphatic rings. The summed E-state index contributed by atoms with van der Waals surface area (Å²) in [5.41, 5.74) is -2.18. The van der Waals surface area contributed by atoms with E-state index in [9.17, 15) is 22.8 Å². The van der Waals surface area contributed by atoms with Crippen LogP contribution in [0.1, 0.15) is 20.3 Å². The summed E-state index contributed by atoms with van der Waals surface area (Å²) in [5, 5.41) is 8.81. The largest absolute Gasteiger partial charge is 0.481 e. The van der Waals surface area contributed by atoms with Crippen molar-refractivity contribution in [3.05, 3.63) is 11.6 Å². The van der Waals surface area contributed by atoms with Crippen molar-refractivity contribution >= 4 is 11.9 Å². The first-order chi connectivity index (χ1) is 8.10. The maximum Gasteiger partial charge on any atom is 0.406 e. The van der Waals surface area contributed by atoms with Gasteiger partial charge in [-0.25, -0.2) is 0 Å². The van der Waals surface area contributed by atoms with Crippen LogP contribution in [0.2, 0.25) is 0 Å². The Hall–Kier alpha value is -1.53. The molecule has 18 heavy (non-hydrogen) atoms. The molecule has 1 aliphatic heterocycles. The van der Waals surface area contributed by atoms with Gasteiger partial charge in [-0.15, -0.1) is 0 Å². The fourth-order valence-electron chi connectivity index (χ4n) is 1.86. The van der Waals surface area contributed by atoms with Crippen LogP contribution < -0.4 is 0 Å². The van der Waals surface area contributed by atoms with Crippen molar-refractivity contribution in [3.8, 4) is 0 Å². The van der Waals surface area contributed by atoms with E-state index in [4.69, 9.17) is 5.11 Å². The second kappa shape index (κ2) is 4.62. The average molecular weight is 265 g/mol. The predicted octanol–water partition coefficient (Wildman–Crippen LogP) is 1.82. The zero-order chi connectivity index (χ0) is 14.1. The summed E-state index contributed by atoms with van der Waals surface area (Å²) in [6, 6.07) is 0. The number of nitrogens with zero attached hydrogens (tertiary/aromatic N) is 1. The third-order valence-electron chi connectivity index (χ3n) is 2.95. The van der Waals surface area contributed by atoms with E-state index in [1.807, 2.05) is 0 Å². The number of carboxylic acids is 1. The smallest absolute Gasteiger partial charge is 0.406 e. The van der Waals surface area contributed by atoms with Crippen LogP contribution in [-0.4, -0.2) is 41.1 Å². The zero-order valence-corrected chi connectivity index (χ0v) is 10.0. The van der Waals surface area contributed by atoms with Crippen LogP contribution in [0.3, 0.4) is 0 Å². The monoisotopic (exact) mass is 265 g/mol. The zero-order valence-electron chi connectivity index (χ0n) is 10.0. The first-order valence-electron chi connectivity index (χ1n) is 5.34. The molecule has 1 fully saturated rings. The second-order valence-corrected chi connectivity index (χ2v) is 4.62. The Kier molecular flexibility index (Phi) is 3.73. The van der Waals surface area contributed by atoms with Gasteiger partial charge in [0, 0.05) is 19.2 Å². The number of amides is 1. The molecular weight excluding hydrogens is 251 g/mol. The van der Waals surface area contributed by atoms with Crippen LogP contribution in [0.15, 0.2) is 11.6 Å². The lowest BCUT2D eigenvalue weighted by Crippen LogP contribution is -2.47. The highest BCUT2D eigenvalue weighted by Crippen LogP contribution is 2.45. The maximum absolute atomic E-state index is 12.8. The van der Waals surface area contributed by atoms with E-state index < -0.39 is 36.4 Å². The van der Waals surface area contributed by atoms with E-state index in [-0.39, 0.29) is 6.54 Å². The summed E-state index contributed by atoms with van der Waals surface area (Å²) in [7, 11) is 0. The lowest BCUT2D eigenvalue weighted by molar-refractivity contribution is -0.227. The van der Waals surface area contributed by atoms with Crippen molar-refractivity contribution in [3.63, 3.8) is 0 Å². The Balaban J connectivity index is 2.95. The summed E-state index contributed by atoms with van der Waals surface area (Å²) in [5.74, 6) is -2.51. The van der Waals surface area contributed by atoms with Gasteiger partial charge in [0.05, 0.1) is 0 Å². The third kappa shape index (κ3) is 2.49. The van der Waals surface area contributed by atoms with E-state index in [1.165, 1.54) is 6.08 Å². The van der Waals surface area contributed by atoms with E-state index in [2.05, 4.69) is 0 Å². The first kappa shape index (κ1) is 14.5. The maximum atomic E-state index is 12.8. The minimum atomic E-state index is -4.86. The van der Waals surface area contributed by atoms with Gasteiger partial charge < -0.3 is 10.0 Å². The molecule has 0 aromatic carbocycles. The highest BCUT2D eigenvalue weighted by Gasteiger charge is 2.64. The van der Waals surface area contributed by atoms with Crippen LogP contribution in [-0.2, 0) is 9.59 Å². The van der Waals surface area contributed by atoms with Crippen molar-refractivity contribution in [2.45, 2.75) is 26.4 Å². The Labute approximate surface area is 102 Å². The van der Waals surface area contributed by atoms with E-state index in [1.54, 1.807) is 13.8 Å². The summed E-state index contributed by atoms with van der Waals surface area (Å²) < 4.78 is 38.5. The van der Waals surface area contributed by atoms with Crippen LogP contribution in [0.25, 0.3) is 0 Å². The van der Waals surface area contributed by atoms with Crippen molar-refractivity contribution in [1.29, 1.82) is 0 Å². The number of aliphatic carboxylic acids is 1. The molecule has 1 atom stereocenters. The summed E-state index contributed by atoms with van der Waals surface area (Å²) in [4.78, 5) is 23.4. The number of alkyl halides is 3. The number of carbonyl (C=O) groups is 2. The minimum absolute atomic E-state index is 0.200. The quantitative estimate of drug-likeness (QED) is 0.775. The minimum Gasteiger partial charge on any atom is -0.481 e. The molecule has 1 N–H and O–H groups in total. The summed E-state index contributed by atoms with van der Waals surface area (Å²) in [6.45, 7) is 2.26. The second-order valence-electron chi connectivity index (χ2n) is 4.62. The molecule has 1 saturated heterocycles. The topological polar surface area (TPSA) is 57.6 Å². The molecule has 7 heteroatoms. The lowest BCUT2D eigenvalue weighted by Gasteiger charge is -2.26. The van der Waals surface area contributed by atoms with Gasteiger partial charge in [-0.05, 0) is 20.3 Å². The van der Waals surface area contributed by atoms with Crippen LogP contribution in [0, 0.1) is 5.41 Å². The molecule has 0 aliphatic carbocycles. The number of hydrogen-bond donors (Lipinski definition) is 1. The molecule has 0 radical (unpaired) electrons. The molecule has 1 amide bonds. The predicted molar refractivity (Wildman–Crippen MR) is 56.8 cm³/mol. The van der Waals surface area contributed by atoms with Crippen LogP contribution in [0.4, 0.5) is 13.2 Å². The van der Waals surface area contributed by atoms with Gasteiger partial charge in [0.25, 0.3) is 0 Å². The van der Waals surface area contributed by atoms with Crippen LogP contribution >= 0.6 is 0 Å². The number of likely N-dealkylation sites (tertiary alicyclic amines) is 1. The molecule has 4 nitrogen and oxygen atoms in total. The lowest BCUT2D eigenvalue weighted by atomic mass is 9.86. The number of allylic oxidation sites excluding steroid dienone is 1. The van der Waals surface area contributed by atoms with Crippen molar-refractivity contribution in [1.82, 2.24) is 4.90 Å². The van der Waals surface area contributed by atoms with Gasteiger partial charge in [0.2, 0.25) is 5.91 Å². The van der Waals surface area contributed by atoms with Gasteiger partial charge in [0.1, 0.15) is 0 Å². The van der Waals surface area contributed by atoms with Gasteiger partial charge >= 0.3 is 12.1 Å². The molecule has 1 rings (SSSR count). The summed E-state index contributed by atoms with van der Waals surface area (Å²) >= 11 is 0. The van der Waals surface area contributed by atoms with Crippen LogP contribution in [0.5, 0.6) is 0 Å². The van der Waals surface area contributed by atoms with E-state index >= 15 is 0 Å². The molecule has 102 valence electrons. The van der Waals surface area contributed by atoms with Crippen molar-refractivity contribution in [2.24, 2.45) is 5.41 Å². The van der Waals surface area contributed by atoms with Gasteiger partial charge in [-0.2, -0.15) is 13.2 Å². The number of rotatable bonds is 2. The molecule has 0 aromatic rings.